The van der Waals surface area contributed by atoms with Gasteiger partial charge in [-0.25, -0.2) is 4.79 Å². The summed E-state index contributed by atoms with van der Waals surface area (Å²) in [5.41, 5.74) is -0.446. The van der Waals surface area contributed by atoms with Gasteiger partial charge in [-0.05, 0) is 41.5 Å². The molecule has 1 aromatic carbocycles. The Bertz CT molecular complexity index is 808. The van der Waals surface area contributed by atoms with Gasteiger partial charge >= 0.3 is 24.3 Å². The van der Waals surface area contributed by atoms with Gasteiger partial charge in [0.05, 0.1) is 5.92 Å². The van der Waals surface area contributed by atoms with Gasteiger partial charge in [-0.3, -0.25) is 4.79 Å². The van der Waals surface area contributed by atoms with Crippen molar-refractivity contribution in [3.8, 4) is 11.5 Å². The molecule has 0 saturated carbocycles. The lowest BCUT2D eigenvalue weighted by molar-refractivity contribution is -0.313. The Hall–Kier alpha value is -2.46. The highest BCUT2D eigenvalue weighted by molar-refractivity contribution is 5.76. The topological polar surface area (TPSA) is 61.8 Å². The van der Waals surface area contributed by atoms with E-state index >= 15 is 0 Å². The second kappa shape index (κ2) is 10.9. The molecule has 0 spiro atoms. The van der Waals surface area contributed by atoms with Gasteiger partial charge in [0, 0.05) is 0 Å². The van der Waals surface area contributed by atoms with Crippen molar-refractivity contribution in [3.63, 3.8) is 0 Å². The first-order valence-corrected chi connectivity index (χ1v) is 10.5. The number of esters is 2. The molecular formula is C23H30F6O5. The van der Waals surface area contributed by atoms with Gasteiger partial charge in [0.2, 0.25) is 0 Å². The van der Waals surface area contributed by atoms with Gasteiger partial charge < -0.3 is 14.2 Å². The van der Waals surface area contributed by atoms with Crippen molar-refractivity contribution in [2.75, 3.05) is 6.61 Å². The van der Waals surface area contributed by atoms with Crippen LogP contribution in [0.4, 0.5) is 26.3 Å². The van der Waals surface area contributed by atoms with Crippen LogP contribution in [0, 0.1) is 16.7 Å². The fourth-order valence-electron chi connectivity index (χ4n) is 2.96. The molecule has 1 rings (SSSR count). The highest BCUT2D eigenvalue weighted by atomic mass is 19.4. The van der Waals surface area contributed by atoms with Crippen molar-refractivity contribution in [2.24, 2.45) is 16.7 Å². The van der Waals surface area contributed by atoms with Crippen LogP contribution < -0.4 is 9.47 Å². The summed E-state index contributed by atoms with van der Waals surface area (Å²) in [7, 11) is 0. The van der Waals surface area contributed by atoms with Gasteiger partial charge in [0.15, 0.2) is 6.61 Å². The molecule has 34 heavy (non-hydrogen) atoms. The van der Waals surface area contributed by atoms with E-state index in [1.807, 2.05) is 41.5 Å². The van der Waals surface area contributed by atoms with Crippen LogP contribution in [0.3, 0.4) is 0 Å². The van der Waals surface area contributed by atoms with Crippen LogP contribution in [0.15, 0.2) is 24.3 Å². The number of halogens is 6. The predicted octanol–water partition coefficient (Wildman–Crippen LogP) is 6.50. The molecular weight excluding hydrogens is 470 g/mol. The minimum Gasteiger partial charge on any atom is -0.482 e. The molecule has 0 amide bonds. The fourth-order valence-corrected chi connectivity index (χ4v) is 2.96. The van der Waals surface area contributed by atoms with Crippen molar-refractivity contribution in [1.29, 1.82) is 0 Å². The Labute approximate surface area is 194 Å². The minimum atomic E-state index is -5.81. The molecule has 0 heterocycles. The first-order chi connectivity index (χ1) is 15.3. The zero-order chi connectivity index (χ0) is 26.5. The van der Waals surface area contributed by atoms with Crippen LogP contribution in [0.2, 0.25) is 0 Å². The predicted molar refractivity (Wildman–Crippen MR) is 111 cm³/mol. The van der Waals surface area contributed by atoms with E-state index in [4.69, 9.17) is 9.47 Å². The molecule has 194 valence electrons. The molecule has 0 radical (unpaired) electrons. The normalized spacial score (nSPS) is 14.0. The van der Waals surface area contributed by atoms with E-state index in [1.54, 1.807) is 0 Å². The summed E-state index contributed by atoms with van der Waals surface area (Å²) in [4.78, 5) is 24.3. The van der Waals surface area contributed by atoms with Gasteiger partial charge in [0.1, 0.15) is 11.5 Å². The van der Waals surface area contributed by atoms with Gasteiger partial charge in [-0.2, -0.15) is 26.3 Å². The van der Waals surface area contributed by atoms with Crippen molar-refractivity contribution < 1.29 is 50.1 Å². The minimum absolute atomic E-state index is 0.0487. The SMILES string of the molecule is CCC(C)(C)C(CC(C)(C)C)C(=O)Oc1ccc(OCC(=O)OC(C(F)(F)F)C(F)(F)F)cc1. The van der Waals surface area contributed by atoms with Crippen LogP contribution in [0.1, 0.15) is 54.4 Å². The molecule has 1 unspecified atom stereocenters. The summed E-state index contributed by atoms with van der Waals surface area (Å²) in [5.74, 6) is -2.54. The average molecular weight is 500 g/mol. The summed E-state index contributed by atoms with van der Waals surface area (Å²) in [6.07, 6.45) is -14.5. The monoisotopic (exact) mass is 500 g/mol. The van der Waals surface area contributed by atoms with E-state index in [0.717, 1.165) is 6.42 Å². The smallest absolute Gasteiger partial charge is 0.434 e. The van der Waals surface area contributed by atoms with Crippen LogP contribution in [-0.2, 0) is 14.3 Å². The second-order valence-electron chi connectivity index (χ2n) is 9.79. The third-order valence-electron chi connectivity index (χ3n) is 5.20. The van der Waals surface area contributed by atoms with E-state index in [2.05, 4.69) is 4.74 Å². The third-order valence-corrected chi connectivity index (χ3v) is 5.20. The van der Waals surface area contributed by atoms with Crippen LogP contribution in [-0.4, -0.2) is 37.0 Å². The average Bonchev–Trinajstić information content (AvgIpc) is 2.67. The zero-order valence-corrected chi connectivity index (χ0v) is 19.9. The molecule has 0 aliphatic heterocycles. The van der Waals surface area contributed by atoms with Crippen molar-refractivity contribution in [3.05, 3.63) is 24.3 Å². The third kappa shape index (κ3) is 9.42. The van der Waals surface area contributed by atoms with Gasteiger partial charge in [0.25, 0.3) is 6.10 Å². The van der Waals surface area contributed by atoms with Crippen molar-refractivity contribution in [2.45, 2.75) is 72.8 Å². The number of rotatable bonds is 9. The first kappa shape index (κ1) is 29.6. The van der Waals surface area contributed by atoms with E-state index in [9.17, 15) is 35.9 Å². The molecule has 0 aliphatic rings. The van der Waals surface area contributed by atoms with E-state index < -0.39 is 42.9 Å². The Morgan fingerprint density at radius 3 is 1.74 bits per heavy atom. The van der Waals surface area contributed by atoms with Gasteiger partial charge in [-0.15, -0.1) is 0 Å². The Morgan fingerprint density at radius 1 is 0.853 bits per heavy atom. The lowest BCUT2D eigenvalue weighted by Gasteiger charge is -2.35. The van der Waals surface area contributed by atoms with Crippen LogP contribution >= 0.6 is 0 Å². The quantitative estimate of drug-likeness (QED) is 0.220. The Balaban J connectivity index is 2.78. The maximum Gasteiger partial charge on any atom is 0.434 e. The molecule has 0 bridgehead atoms. The summed E-state index contributed by atoms with van der Waals surface area (Å²) in [5, 5.41) is 0. The number of alkyl halides is 6. The molecule has 11 heteroatoms. The summed E-state index contributed by atoms with van der Waals surface area (Å²) < 4.78 is 88.6. The largest absolute Gasteiger partial charge is 0.482 e. The van der Waals surface area contributed by atoms with Crippen LogP contribution in [0.25, 0.3) is 0 Å². The molecule has 0 N–H and O–H groups in total. The van der Waals surface area contributed by atoms with E-state index in [1.165, 1.54) is 24.3 Å². The molecule has 0 aromatic heterocycles. The number of benzene rings is 1. The maximum absolute atomic E-state index is 12.9. The number of carbonyl (C=O) groups excluding carboxylic acids is 2. The highest BCUT2D eigenvalue weighted by Crippen LogP contribution is 2.40. The summed E-state index contributed by atoms with van der Waals surface area (Å²) in [6, 6.07) is 5.18. The number of carbonyl (C=O) groups is 2. The Morgan fingerprint density at radius 2 is 1.32 bits per heavy atom. The summed E-state index contributed by atoms with van der Waals surface area (Å²) >= 11 is 0. The molecule has 1 atom stereocenters. The second-order valence-corrected chi connectivity index (χ2v) is 9.79. The maximum atomic E-state index is 12.9. The molecule has 0 saturated heterocycles. The van der Waals surface area contributed by atoms with E-state index in [-0.39, 0.29) is 22.3 Å². The Kier molecular flexibility index (Phi) is 9.44. The molecule has 0 aliphatic carbocycles. The number of ether oxygens (including phenoxy) is 3. The van der Waals surface area contributed by atoms with Crippen molar-refractivity contribution >= 4 is 11.9 Å². The standard InChI is InChI=1S/C23H30F6O5/c1-7-21(5,6)16(12-20(2,3)4)18(31)33-15-10-8-14(9-11-15)32-13-17(30)34-19(22(24,25)26)23(27,28)29/h8-11,16,19H,7,12-13H2,1-6H3. The first-order valence-electron chi connectivity index (χ1n) is 10.5. The number of hydrogen-bond acceptors (Lipinski definition) is 5. The molecule has 5 nitrogen and oxygen atoms in total. The zero-order valence-electron chi connectivity index (χ0n) is 19.9. The highest BCUT2D eigenvalue weighted by Gasteiger charge is 2.59. The number of hydrogen-bond donors (Lipinski definition) is 0. The lowest BCUT2D eigenvalue weighted by Crippen LogP contribution is -2.46. The van der Waals surface area contributed by atoms with Crippen molar-refractivity contribution in [1.82, 2.24) is 0 Å². The van der Waals surface area contributed by atoms with E-state index in [0.29, 0.717) is 6.42 Å². The lowest BCUT2D eigenvalue weighted by atomic mass is 9.70. The molecule has 0 fully saturated rings. The van der Waals surface area contributed by atoms with Gasteiger partial charge in [-0.1, -0.05) is 48.0 Å². The fraction of sp³-hybridized carbons (Fsp3) is 0.652. The van der Waals surface area contributed by atoms with Crippen LogP contribution in [0.5, 0.6) is 11.5 Å². The molecule has 1 aromatic rings. The summed E-state index contributed by atoms with van der Waals surface area (Å²) in [6.45, 7) is 10.8.